The van der Waals surface area contributed by atoms with Crippen molar-refractivity contribution in [2.75, 3.05) is 0 Å². The second-order valence-corrected chi connectivity index (χ2v) is 2.31. The lowest BCUT2D eigenvalue weighted by Crippen LogP contribution is -2.14. The summed E-state index contributed by atoms with van der Waals surface area (Å²) >= 11 is 0. The molecule has 54 valence electrons. The van der Waals surface area contributed by atoms with Gasteiger partial charge in [-0.25, -0.2) is 4.79 Å². The lowest BCUT2D eigenvalue weighted by molar-refractivity contribution is 0.568. The van der Waals surface area contributed by atoms with Crippen molar-refractivity contribution in [2.24, 2.45) is 0 Å². The van der Waals surface area contributed by atoms with Crippen LogP contribution in [0.2, 0.25) is 0 Å². The van der Waals surface area contributed by atoms with Crippen molar-refractivity contribution in [3.63, 3.8) is 0 Å². The van der Waals surface area contributed by atoms with E-state index >= 15 is 0 Å². The van der Waals surface area contributed by atoms with Crippen molar-refractivity contribution in [3.05, 3.63) is 23.1 Å². The Morgan fingerprint density at radius 3 is 2.30 bits per heavy atom. The highest BCUT2D eigenvalue weighted by Crippen LogP contribution is 1.97. The van der Waals surface area contributed by atoms with E-state index in [2.05, 4.69) is 9.97 Å². The van der Waals surface area contributed by atoms with Crippen LogP contribution in [0.3, 0.4) is 0 Å². The monoisotopic (exact) mass is 139 g/mol. The Kier molecular flexibility index (Phi) is 1.80. The molecule has 0 saturated heterocycles. The molecule has 1 aromatic rings. The van der Waals surface area contributed by atoms with E-state index < -0.39 is 5.69 Å². The minimum Gasteiger partial charge on any atom is -0.320 e. The number of aromatic nitrogens is 3. The zero-order valence-corrected chi connectivity index (χ0v) is 5.98. The molecule has 1 heterocycles. The average molecular weight is 139 g/mol. The molecular formula is C6H9N3O. The molecular weight excluding hydrogens is 130 g/mol. The molecule has 4 nitrogen and oxygen atoms in total. The first-order valence-electron chi connectivity index (χ1n) is 3.10. The van der Waals surface area contributed by atoms with E-state index in [0.717, 1.165) is 0 Å². The average Bonchev–Trinajstić information content (AvgIpc) is 1.88. The Morgan fingerprint density at radius 2 is 1.90 bits per heavy atom. The van der Waals surface area contributed by atoms with Crippen LogP contribution in [0.5, 0.6) is 0 Å². The lowest BCUT2D eigenvalue weighted by Gasteiger charge is -2.05. The zero-order valence-electron chi connectivity index (χ0n) is 5.98. The molecule has 0 N–H and O–H groups in total. The largest absolute Gasteiger partial charge is 0.369 e. The van der Waals surface area contributed by atoms with Crippen molar-refractivity contribution in [2.45, 2.75) is 19.9 Å². The minimum absolute atomic E-state index is 0.306. The number of nitrogens with zero attached hydrogens (tertiary/aromatic N) is 3. The van der Waals surface area contributed by atoms with E-state index in [-0.39, 0.29) is 0 Å². The minimum atomic E-state index is -0.433. The van der Waals surface area contributed by atoms with Crippen LogP contribution in [-0.2, 0) is 0 Å². The molecule has 10 heavy (non-hydrogen) atoms. The van der Waals surface area contributed by atoms with Gasteiger partial charge >= 0.3 is 5.69 Å². The van der Waals surface area contributed by atoms with Crippen LogP contribution in [-0.4, -0.2) is 14.5 Å². The normalized spacial score (nSPS) is 10.3. The van der Waals surface area contributed by atoms with Gasteiger partial charge in [-0.3, -0.25) is 0 Å². The second-order valence-electron chi connectivity index (χ2n) is 2.31. The van der Waals surface area contributed by atoms with Crippen LogP contribution in [0.1, 0.15) is 19.9 Å². The van der Waals surface area contributed by atoms with Gasteiger partial charge < -0.3 is 4.57 Å². The van der Waals surface area contributed by atoms with Gasteiger partial charge in [0.05, 0.1) is 0 Å². The summed E-state index contributed by atoms with van der Waals surface area (Å²) in [5, 5.41) is 0. The molecule has 0 bridgehead atoms. The number of hydrogen-bond acceptors (Lipinski definition) is 3. The van der Waals surface area contributed by atoms with Crippen LogP contribution < -0.4 is 5.69 Å². The Bertz CT molecular complexity index is 245. The molecule has 0 spiro atoms. The Morgan fingerprint density at radius 1 is 1.40 bits per heavy atom. The Balaban J connectivity index is 3.00. The maximum Gasteiger partial charge on any atom is 0.369 e. The summed E-state index contributed by atoms with van der Waals surface area (Å²) in [6.45, 7) is 3.99. The maximum absolute atomic E-state index is 10.4. The molecule has 0 fully saturated rings. The van der Waals surface area contributed by atoms with E-state index in [1.165, 1.54) is 12.7 Å². The highest BCUT2D eigenvalue weighted by Gasteiger charge is 1.93. The summed E-state index contributed by atoms with van der Waals surface area (Å²) in [5.74, 6) is 0. The van der Waals surface area contributed by atoms with E-state index in [9.17, 15) is 4.79 Å². The quantitative estimate of drug-likeness (QED) is 0.559. The fraction of sp³-hybridized carbons (Fsp3) is 0.500. The predicted octanol–water partition coefficient (Wildman–Crippen LogP) is 0.219. The van der Waals surface area contributed by atoms with E-state index in [4.69, 9.17) is 0 Å². The Hall–Kier alpha value is -1.19. The first-order chi connectivity index (χ1) is 4.70. The van der Waals surface area contributed by atoms with Gasteiger partial charge in [0.25, 0.3) is 0 Å². The van der Waals surface area contributed by atoms with Gasteiger partial charge in [-0.05, 0) is 13.8 Å². The molecule has 0 amide bonds. The topological polar surface area (TPSA) is 47.8 Å². The Labute approximate surface area is 58.6 Å². The molecule has 1 aromatic heterocycles. The summed E-state index contributed by atoms with van der Waals surface area (Å²) in [7, 11) is 0. The number of rotatable bonds is 1. The second kappa shape index (κ2) is 2.60. The van der Waals surface area contributed by atoms with Gasteiger partial charge in [0, 0.05) is 6.04 Å². The zero-order chi connectivity index (χ0) is 7.56. The molecule has 0 aliphatic rings. The van der Waals surface area contributed by atoms with Crippen molar-refractivity contribution < 1.29 is 0 Å². The summed E-state index contributed by atoms with van der Waals surface area (Å²) < 4.78 is 1.77. The third-order valence-corrected chi connectivity index (χ3v) is 1.20. The maximum atomic E-state index is 10.4. The van der Waals surface area contributed by atoms with Crippen LogP contribution in [0.4, 0.5) is 0 Å². The van der Waals surface area contributed by atoms with Gasteiger partial charge in [0.2, 0.25) is 0 Å². The molecule has 1 rings (SSSR count). The van der Waals surface area contributed by atoms with Crippen LogP contribution >= 0.6 is 0 Å². The highest BCUT2D eigenvalue weighted by atomic mass is 16.1. The standard InChI is InChI=1S/C6H9N3O/c1-5(2)9-3-7-6(10)8-4-9/h3-5H,1-2H3. The third kappa shape index (κ3) is 1.40. The van der Waals surface area contributed by atoms with E-state index in [0.29, 0.717) is 6.04 Å². The molecule has 0 unspecified atom stereocenters. The van der Waals surface area contributed by atoms with Gasteiger partial charge in [-0.2, -0.15) is 9.97 Å². The first-order valence-corrected chi connectivity index (χ1v) is 3.10. The summed E-state index contributed by atoms with van der Waals surface area (Å²) in [5.41, 5.74) is -0.433. The molecule has 0 atom stereocenters. The lowest BCUT2D eigenvalue weighted by atomic mass is 10.4. The summed E-state index contributed by atoms with van der Waals surface area (Å²) in [6, 6.07) is 0.306. The van der Waals surface area contributed by atoms with Gasteiger partial charge in [-0.15, -0.1) is 0 Å². The van der Waals surface area contributed by atoms with E-state index in [1.807, 2.05) is 13.8 Å². The smallest absolute Gasteiger partial charge is 0.320 e. The fourth-order valence-electron chi connectivity index (χ4n) is 0.562. The van der Waals surface area contributed by atoms with Crippen molar-refractivity contribution in [3.8, 4) is 0 Å². The van der Waals surface area contributed by atoms with Gasteiger partial charge in [0.15, 0.2) is 0 Å². The summed E-state index contributed by atoms with van der Waals surface area (Å²) in [6.07, 6.45) is 2.97. The van der Waals surface area contributed by atoms with E-state index in [1.54, 1.807) is 4.57 Å². The van der Waals surface area contributed by atoms with Gasteiger partial charge in [-0.1, -0.05) is 0 Å². The summed E-state index contributed by atoms with van der Waals surface area (Å²) in [4.78, 5) is 17.4. The predicted molar refractivity (Wildman–Crippen MR) is 36.7 cm³/mol. The molecule has 0 aromatic carbocycles. The van der Waals surface area contributed by atoms with Gasteiger partial charge in [0.1, 0.15) is 12.7 Å². The molecule has 0 aliphatic carbocycles. The molecule has 0 saturated carbocycles. The van der Waals surface area contributed by atoms with Crippen molar-refractivity contribution >= 4 is 0 Å². The van der Waals surface area contributed by atoms with Crippen LogP contribution in [0.15, 0.2) is 17.4 Å². The highest BCUT2D eigenvalue weighted by molar-refractivity contribution is 4.67. The number of hydrogen-bond donors (Lipinski definition) is 0. The van der Waals surface area contributed by atoms with Crippen LogP contribution in [0, 0.1) is 0 Å². The first kappa shape index (κ1) is 6.92. The fourth-order valence-corrected chi connectivity index (χ4v) is 0.562. The van der Waals surface area contributed by atoms with Crippen LogP contribution in [0.25, 0.3) is 0 Å². The SMILES string of the molecule is CC(C)n1cnc(=O)nc1. The van der Waals surface area contributed by atoms with Crippen molar-refractivity contribution in [1.82, 2.24) is 14.5 Å². The molecule has 0 radical (unpaired) electrons. The molecule has 0 aliphatic heterocycles. The molecule has 4 heteroatoms. The van der Waals surface area contributed by atoms with Crippen molar-refractivity contribution in [1.29, 1.82) is 0 Å². The third-order valence-electron chi connectivity index (χ3n) is 1.20.